The van der Waals surface area contributed by atoms with Gasteiger partial charge in [0, 0.05) is 11.8 Å². The maximum atomic E-state index is 13.6. The maximum Gasteiger partial charge on any atom is 0.331 e. The molecule has 0 saturated heterocycles. The number of esters is 1. The molecule has 0 unspecified atom stereocenters. The van der Waals surface area contributed by atoms with E-state index in [1.165, 1.54) is 32.3 Å². The van der Waals surface area contributed by atoms with Gasteiger partial charge in [-0.3, -0.25) is 4.79 Å². The lowest BCUT2D eigenvalue weighted by Gasteiger charge is -2.20. The molecule has 0 aliphatic carbocycles. The second-order valence-electron chi connectivity index (χ2n) is 6.61. The monoisotopic (exact) mass is 415 g/mol. The number of aryl methyl sites for hydroxylation is 1. The lowest BCUT2D eigenvalue weighted by atomic mass is 10.1. The summed E-state index contributed by atoms with van der Waals surface area (Å²) < 4.78 is 35.1. The summed E-state index contributed by atoms with van der Waals surface area (Å²) in [4.78, 5) is 24.3. The topological polar surface area (TPSA) is 83.1 Å². The molecule has 1 heterocycles. The smallest absolute Gasteiger partial charge is 0.331 e. The van der Waals surface area contributed by atoms with Crippen molar-refractivity contribution in [2.24, 2.45) is 0 Å². The molecule has 0 aromatic heterocycles. The van der Waals surface area contributed by atoms with E-state index in [-0.39, 0.29) is 5.69 Å². The summed E-state index contributed by atoms with van der Waals surface area (Å²) in [6.07, 6.45) is 1.64. The quantitative estimate of drug-likeness (QED) is 0.574. The molecule has 1 atom stereocenters. The minimum atomic E-state index is -1.07. The molecular formula is C22H22FNO6. The van der Waals surface area contributed by atoms with Crippen LogP contribution in [0.5, 0.6) is 17.2 Å². The molecule has 0 spiro atoms. The lowest BCUT2D eigenvalue weighted by Crippen LogP contribution is -2.29. The van der Waals surface area contributed by atoms with Crippen LogP contribution in [0.3, 0.4) is 0 Å². The highest BCUT2D eigenvalue weighted by molar-refractivity contribution is 5.96. The third-order valence-corrected chi connectivity index (χ3v) is 4.36. The van der Waals surface area contributed by atoms with Gasteiger partial charge in [0.25, 0.3) is 5.91 Å². The van der Waals surface area contributed by atoms with Gasteiger partial charge in [0.1, 0.15) is 19.0 Å². The van der Waals surface area contributed by atoms with E-state index in [0.29, 0.717) is 41.6 Å². The first kappa shape index (κ1) is 21.2. The minimum Gasteiger partial charge on any atom is -0.493 e. The molecule has 1 N–H and O–H groups in total. The van der Waals surface area contributed by atoms with Crippen molar-refractivity contribution in [1.29, 1.82) is 0 Å². The number of amides is 1. The number of fused-ring (bicyclic) bond motifs is 1. The van der Waals surface area contributed by atoms with Gasteiger partial charge in [-0.15, -0.1) is 0 Å². The van der Waals surface area contributed by atoms with Gasteiger partial charge in [-0.2, -0.15) is 0 Å². The summed E-state index contributed by atoms with van der Waals surface area (Å²) in [5, 5.41) is 2.51. The highest BCUT2D eigenvalue weighted by atomic mass is 19.1. The largest absolute Gasteiger partial charge is 0.493 e. The Labute approximate surface area is 173 Å². The Balaban J connectivity index is 1.61. The third-order valence-electron chi connectivity index (χ3n) is 4.36. The third kappa shape index (κ3) is 5.08. The van der Waals surface area contributed by atoms with E-state index in [1.807, 2.05) is 0 Å². The molecule has 158 valence electrons. The van der Waals surface area contributed by atoms with Gasteiger partial charge in [-0.05, 0) is 55.3 Å². The molecule has 1 aliphatic heterocycles. The van der Waals surface area contributed by atoms with E-state index >= 15 is 0 Å². The number of nitrogens with one attached hydrogen (secondary N) is 1. The number of halogens is 1. The summed E-state index contributed by atoms with van der Waals surface area (Å²) in [5.41, 5.74) is 1.39. The number of carbonyl (C=O) groups excluding carboxylic acids is 2. The Morgan fingerprint density at radius 3 is 2.70 bits per heavy atom. The van der Waals surface area contributed by atoms with Crippen molar-refractivity contribution in [3.05, 3.63) is 53.4 Å². The number of hydrogen-bond acceptors (Lipinski definition) is 6. The Hall–Kier alpha value is -3.55. The van der Waals surface area contributed by atoms with Crippen LogP contribution in [0.25, 0.3) is 6.08 Å². The van der Waals surface area contributed by atoms with Crippen molar-refractivity contribution in [3.63, 3.8) is 0 Å². The van der Waals surface area contributed by atoms with Crippen LogP contribution in [-0.4, -0.2) is 38.3 Å². The van der Waals surface area contributed by atoms with E-state index in [2.05, 4.69) is 5.32 Å². The summed E-state index contributed by atoms with van der Waals surface area (Å²) in [6.45, 7) is 3.90. The molecule has 0 bridgehead atoms. The van der Waals surface area contributed by atoms with Gasteiger partial charge in [0.2, 0.25) is 5.75 Å². The van der Waals surface area contributed by atoms with Crippen molar-refractivity contribution < 1.29 is 32.9 Å². The summed E-state index contributed by atoms with van der Waals surface area (Å²) in [5.74, 6) is -0.191. The van der Waals surface area contributed by atoms with Crippen molar-refractivity contribution in [3.8, 4) is 17.2 Å². The molecule has 2 aromatic rings. The van der Waals surface area contributed by atoms with E-state index in [9.17, 15) is 14.0 Å². The number of ether oxygens (including phenoxy) is 4. The fourth-order valence-corrected chi connectivity index (χ4v) is 2.74. The van der Waals surface area contributed by atoms with Crippen LogP contribution in [0.4, 0.5) is 10.1 Å². The van der Waals surface area contributed by atoms with Crippen LogP contribution in [0.15, 0.2) is 36.4 Å². The van der Waals surface area contributed by atoms with Crippen molar-refractivity contribution in [2.45, 2.75) is 20.0 Å². The molecule has 0 saturated carbocycles. The van der Waals surface area contributed by atoms with Crippen molar-refractivity contribution in [1.82, 2.24) is 0 Å². The van der Waals surface area contributed by atoms with Crippen LogP contribution in [-0.2, 0) is 14.3 Å². The maximum absolute atomic E-state index is 13.6. The zero-order valence-corrected chi connectivity index (χ0v) is 16.9. The predicted molar refractivity (Wildman–Crippen MR) is 108 cm³/mol. The highest BCUT2D eigenvalue weighted by Crippen LogP contribution is 2.40. The van der Waals surface area contributed by atoms with Gasteiger partial charge in [0.15, 0.2) is 17.6 Å². The minimum absolute atomic E-state index is 0.282. The van der Waals surface area contributed by atoms with Crippen LogP contribution >= 0.6 is 0 Å². The number of hydrogen-bond donors (Lipinski definition) is 1. The zero-order chi connectivity index (χ0) is 21.7. The Bertz CT molecular complexity index is 971. The van der Waals surface area contributed by atoms with Crippen LogP contribution in [0.1, 0.15) is 18.1 Å². The standard InChI is InChI=1S/C22H22FNO6/c1-13-4-6-16(12-17(13)23)24-22(26)14(2)30-20(25)7-5-15-10-18(27-3)21-19(11-15)28-8-9-29-21/h4-7,10-12,14H,8-9H2,1-3H3,(H,24,26)/b7-5-/t14-/m1/s1. The molecule has 1 amide bonds. The molecular weight excluding hydrogens is 393 g/mol. The zero-order valence-electron chi connectivity index (χ0n) is 16.9. The number of carbonyl (C=O) groups is 2. The molecule has 7 nitrogen and oxygen atoms in total. The lowest BCUT2D eigenvalue weighted by molar-refractivity contribution is -0.148. The molecule has 2 aromatic carbocycles. The first-order valence-corrected chi connectivity index (χ1v) is 9.30. The van der Waals surface area contributed by atoms with Crippen molar-refractivity contribution in [2.75, 3.05) is 25.6 Å². The van der Waals surface area contributed by atoms with E-state index in [1.54, 1.807) is 31.2 Å². The van der Waals surface area contributed by atoms with Crippen LogP contribution < -0.4 is 19.5 Å². The Morgan fingerprint density at radius 1 is 1.20 bits per heavy atom. The number of benzene rings is 2. The molecule has 3 rings (SSSR count). The fraction of sp³-hybridized carbons (Fsp3) is 0.273. The van der Waals surface area contributed by atoms with Gasteiger partial charge in [-0.1, -0.05) is 6.07 Å². The second kappa shape index (κ2) is 9.30. The normalized spacial score (nSPS) is 13.6. The molecule has 30 heavy (non-hydrogen) atoms. The van der Waals surface area contributed by atoms with Gasteiger partial charge in [-0.25, -0.2) is 9.18 Å². The van der Waals surface area contributed by atoms with Gasteiger partial charge in [0.05, 0.1) is 7.11 Å². The first-order chi connectivity index (χ1) is 14.4. The summed E-state index contributed by atoms with van der Waals surface area (Å²) >= 11 is 0. The summed E-state index contributed by atoms with van der Waals surface area (Å²) in [6, 6.07) is 7.73. The van der Waals surface area contributed by atoms with Crippen LogP contribution in [0.2, 0.25) is 0 Å². The Kier molecular flexibility index (Phi) is 6.56. The average molecular weight is 415 g/mol. The predicted octanol–water partition coefficient (Wildman–Crippen LogP) is 3.50. The van der Waals surface area contributed by atoms with Gasteiger partial charge < -0.3 is 24.3 Å². The van der Waals surface area contributed by atoms with E-state index < -0.39 is 23.8 Å². The van der Waals surface area contributed by atoms with E-state index in [0.717, 1.165) is 0 Å². The van der Waals surface area contributed by atoms with E-state index in [4.69, 9.17) is 18.9 Å². The molecule has 1 aliphatic rings. The highest BCUT2D eigenvalue weighted by Gasteiger charge is 2.19. The summed E-state index contributed by atoms with van der Waals surface area (Å²) in [7, 11) is 1.51. The van der Waals surface area contributed by atoms with Crippen molar-refractivity contribution >= 4 is 23.6 Å². The first-order valence-electron chi connectivity index (χ1n) is 9.30. The SMILES string of the molecule is COc1cc(/C=C\C(=O)O[C@H](C)C(=O)Nc2ccc(C)c(F)c2)cc2c1OCCO2. The molecule has 8 heteroatoms. The Morgan fingerprint density at radius 2 is 1.97 bits per heavy atom. The number of anilines is 1. The van der Waals surface area contributed by atoms with Crippen LogP contribution in [0, 0.1) is 12.7 Å². The second-order valence-corrected chi connectivity index (χ2v) is 6.61. The van der Waals surface area contributed by atoms with Gasteiger partial charge >= 0.3 is 5.97 Å². The average Bonchev–Trinajstić information content (AvgIpc) is 2.74. The number of rotatable bonds is 6. The molecule has 0 fully saturated rings. The molecule has 0 radical (unpaired) electrons. The fourth-order valence-electron chi connectivity index (χ4n) is 2.74. The number of methoxy groups -OCH3 is 1.